The molecule has 0 aliphatic carbocycles. The maximum atomic E-state index is 13.1. The molecule has 1 heterocycles. The lowest BCUT2D eigenvalue weighted by molar-refractivity contribution is -0.123. The van der Waals surface area contributed by atoms with Crippen LogP contribution in [0.4, 0.5) is 0 Å². The molecule has 1 aliphatic heterocycles. The minimum absolute atomic E-state index is 0.123. The number of carbonyl (C=O) groups excluding carboxylic acids is 2. The summed E-state index contributed by atoms with van der Waals surface area (Å²) in [5, 5.41) is 5.89. The molecule has 0 spiro atoms. The van der Waals surface area contributed by atoms with E-state index >= 15 is 0 Å². The number of benzene rings is 2. The Morgan fingerprint density at radius 2 is 1.59 bits per heavy atom. The molecule has 1 aliphatic rings. The van der Waals surface area contributed by atoms with E-state index in [4.69, 9.17) is 0 Å². The average molecular weight is 458 g/mol. The molecule has 2 aromatic carbocycles. The zero-order valence-corrected chi connectivity index (χ0v) is 19.2. The van der Waals surface area contributed by atoms with Crippen molar-refractivity contribution in [1.29, 1.82) is 0 Å². The van der Waals surface area contributed by atoms with Crippen molar-refractivity contribution in [2.24, 2.45) is 0 Å². The zero-order chi connectivity index (χ0) is 23.0. The monoisotopic (exact) mass is 457 g/mol. The van der Waals surface area contributed by atoms with Gasteiger partial charge in [0.25, 0.3) is 5.91 Å². The Bertz CT molecular complexity index is 988. The first kappa shape index (κ1) is 23.9. The molecular formula is C24H31N3O4S. The van der Waals surface area contributed by atoms with Crippen LogP contribution in [0.15, 0.2) is 60.7 Å². The van der Waals surface area contributed by atoms with Gasteiger partial charge in [-0.2, -0.15) is 0 Å². The van der Waals surface area contributed by atoms with Gasteiger partial charge in [-0.3, -0.25) is 9.59 Å². The first-order valence-corrected chi connectivity index (χ1v) is 12.7. The van der Waals surface area contributed by atoms with Gasteiger partial charge in [-0.1, -0.05) is 55.5 Å². The molecule has 1 unspecified atom stereocenters. The smallest absolute Gasteiger partial charge is 0.251 e. The van der Waals surface area contributed by atoms with E-state index in [-0.39, 0.29) is 23.6 Å². The molecular weight excluding hydrogens is 426 g/mol. The lowest BCUT2D eigenvalue weighted by Crippen LogP contribution is -2.53. The Labute approximate surface area is 190 Å². The van der Waals surface area contributed by atoms with Gasteiger partial charge < -0.3 is 10.6 Å². The molecule has 0 aromatic heterocycles. The quantitative estimate of drug-likeness (QED) is 0.604. The fourth-order valence-corrected chi connectivity index (χ4v) is 5.40. The number of sulfonamides is 1. The molecule has 0 saturated carbocycles. The summed E-state index contributed by atoms with van der Waals surface area (Å²) in [6.07, 6.45) is 2.06. The molecule has 1 atom stereocenters. The first-order chi connectivity index (χ1) is 15.4. The molecule has 32 heavy (non-hydrogen) atoms. The highest BCUT2D eigenvalue weighted by molar-refractivity contribution is 7.89. The number of amides is 2. The van der Waals surface area contributed by atoms with Crippen LogP contribution in [-0.2, 0) is 21.2 Å². The lowest BCUT2D eigenvalue weighted by Gasteiger charge is -2.32. The Morgan fingerprint density at radius 1 is 1.00 bits per heavy atom. The van der Waals surface area contributed by atoms with E-state index in [1.54, 1.807) is 24.3 Å². The molecule has 2 aromatic rings. The summed E-state index contributed by atoms with van der Waals surface area (Å²) >= 11 is 0. The fraction of sp³-hybridized carbons (Fsp3) is 0.417. The SMILES string of the molecule is CCCS(=O)(=O)N1CCC(NC(=O)C(Cc2ccccc2)NC(=O)c2ccccc2)CC1. The molecule has 2 N–H and O–H groups in total. The van der Waals surface area contributed by atoms with Crippen molar-refractivity contribution < 1.29 is 18.0 Å². The summed E-state index contributed by atoms with van der Waals surface area (Å²) in [6.45, 7) is 2.64. The lowest BCUT2D eigenvalue weighted by atomic mass is 10.0. The number of piperidine rings is 1. The van der Waals surface area contributed by atoms with Crippen molar-refractivity contribution in [2.45, 2.75) is 44.7 Å². The predicted octanol–water partition coefficient (Wildman–Crippen LogP) is 2.35. The average Bonchev–Trinajstić information content (AvgIpc) is 2.80. The van der Waals surface area contributed by atoms with Crippen LogP contribution >= 0.6 is 0 Å². The van der Waals surface area contributed by atoms with Crippen molar-refractivity contribution in [3.63, 3.8) is 0 Å². The normalized spacial score (nSPS) is 16.3. The Morgan fingerprint density at radius 3 is 2.19 bits per heavy atom. The van der Waals surface area contributed by atoms with E-state index < -0.39 is 16.1 Å². The largest absolute Gasteiger partial charge is 0.351 e. The zero-order valence-electron chi connectivity index (χ0n) is 18.4. The van der Waals surface area contributed by atoms with E-state index in [1.165, 1.54) is 4.31 Å². The van der Waals surface area contributed by atoms with Crippen LogP contribution < -0.4 is 10.6 Å². The summed E-state index contributed by atoms with van der Waals surface area (Å²) in [5.74, 6) is -0.413. The topological polar surface area (TPSA) is 95.6 Å². The Hall–Kier alpha value is -2.71. The number of hydrogen-bond donors (Lipinski definition) is 2. The van der Waals surface area contributed by atoms with Gasteiger partial charge in [-0.05, 0) is 37.0 Å². The molecule has 2 amide bonds. The van der Waals surface area contributed by atoms with Crippen LogP contribution in [0.25, 0.3) is 0 Å². The molecule has 172 valence electrons. The molecule has 1 fully saturated rings. The van der Waals surface area contributed by atoms with Crippen LogP contribution in [0.2, 0.25) is 0 Å². The standard InChI is InChI=1S/C24H31N3O4S/c1-2-17-32(30,31)27-15-13-21(14-16-27)25-24(29)22(18-19-9-5-3-6-10-19)26-23(28)20-11-7-4-8-12-20/h3-12,21-22H,2,13-18H2,1H3,(H,25,29)(H,26,28). The summed E-state index contributed by atoms with van der Waals surface area (Å²) in [4.78, 5) is 25.8. The number of rotatable bonds is 9. The summed E-state index contributed by atoms with van der Waals surface area (Å²) in [7, 11) is -3.23. The minimum atomic E-state index is -3.23. The number of hydrogen-bond acceptors (Lipinski definition) is 4. The van der Waals surface area contributed by atoms with Crippen molar-refractivity contribution in [2.75, 3.05) is 18.8 Å². The summed E-state index contributed by atoms with van der Waals surface area (Å²) < 4.78 is 26.1. The number of nitrogens with one attached hydrogen (secondary N) is 2. The van der Waals surface area contributed by atoms with Gasteiger partial charge >= 0.3 is 0 Å². The van der Waals surface area contributed by atoms with Gasteiger partial charge in [0, 0.05) is 31.1 Å². The van der Waals surface area contributed by atoms with Gasteiger partial charge in [-0.15, -0.1) is 0 Å². The second kappa shape index (κ2) is 11.2. The highest BCUT2D eigenvalue weighted by Crippen LogP contribution is 2.16. The van der Waals surface area contributed by atoms with Crippen molar-refractivity contribution in [3.05, 3.63) is 71.8 Å². The second-order valence-corrected chi connectivity index (χ2v) is 10.2. The third kappa shape index (κ3) is 6.64. The number of carbonyl (C=O) groups is 2. The van der Waals surface area contributed by atoms with Gasteiger partial charge in [0.15, 0.2) is 0 Å². The molecule has 3 rings (SSSR count). The maximum Gasteiger partial charge on any atom is 0.251 e. The van der Waals surface area contributed by atoms with Gasteiger partial charge in [0.1, 0.15) is 6.04 Å². The molecule has 8 heteroatoms. The van der Waals surface area contributed by atoms with E-state index in [1.807, 2.05) is 43.3 Å². The fourth-order valence-electron chi connectivity index (χ4n) is 3.86. The van der Waals surface area contributed by atoms with Crippen molar-refractivity contribution in [3.8, 4) is 0 Å². The highest BCUT2D eigenvalue weighted by atomic mass is 32.2. The van der Waals surface area contributed by atoms with Crippen LogP contribution in [0, 0.1) is 0 Å². The maximum absolute atomic E-state index is 13.1. The second-order valence-electron chi connectivity index (χ2n) is 8.08. The summed E-state index contributed by atoms with van der Waals surface area (Å²) in [5.41, 5.74) is 1.44. The van der Waals surface area contributed by atoms with Gasteiger partial charge in [-0.25, -0.2) is 12.7 Å². The first-order valence-electron chi connectivity index (χ1n) is 11.1. The predicted molar refractivity (Wildman–Crippen MR) is 125 cm³/mol. The highest BCUT2D eigenvalue weighted by Gasteiger charge is 2.30. The molecule has 7 nitrogen and oxygen atoms in total. The van der Waals surface area contributed by atoms with E-state index in [0.29, 0.717) is 44.3 Å². The van der Waals surface area contributed by atoms with Crippen molar-refractivity contribution >= 4 is 21.8 Å². The third-order valence-corrected chi connectivity index (χ3v) is 7.67. The van der Waals surface area contributed by atoms with Crippen LogP contribution in [0.3, 0.4) is 0 Å². The Balaban J connectivity index is 1.64. The van der Waals surface area contributed by atoms with Crippen LogP contribution in [-0.4, -0.2) is 55.5 Å². The third-order valence-electron chi connectivity index (χ3n) is 5.60. The minimum Gasteiger partial charge on any atom is -0.351 e. The Kier molecular flexibility index (Phi) is 8.41. The number of nitrogens with zero attached hydrogens (tertiary/aromatic N) is 1. The van der Waals surface area contributed by atoms with Gasteiger partial charge in [0.2, 0.25) is 15.9 Å². The van der Waals surface area contributed by atoms with E-state index in [2.05, 4.69) is 10.6 Å². The molecule has 1 saturated heterocycles. The van der Waals surface area contributed by atoms with Gasteiger partial charge in [0.05, 0.1) is 5.75 Å². The van der Waals surface area contributed by atoms with Crippen LogP contribution in [0.1, 0.15) is 42.1 Å². The summed E-state index contributed by atoms with van der Waals surface area (Å²) in [6, 6.07) is 17.5. The molecule has 0 radical (unpaired) electrons. The molecule has 0 bridgehead atoms. The van der Waals surface area contributed by atoms with Crippen molar-refractivity contribution in [1.82, 2.24) is 14.9 Å². The van der Waals surface area contributed by atoms with E-state index in [9.17, 15) is 18.0 Å². The van der Waals surface area contributed by atoms with E-state index in [0.717, 1.165) is 5.56 Å². The van der Waals surface area contributed by atoms with Crippen LogP contribution in [0.5, 0.6) is 0 Å².